The van der Waals surface area contributed by atoms with Gasteiger partial charge in [-0.2, -0.15) is 0 Å². The van der Waals surface area contributed by atoms with Gasteiger partial charge in [-0.25, -0.2) is 4.79 Å². The van der Waals surface area contributed by atoms with E-state index < -0.39 is 11.6 Å². The molecule has 0 unspecified atom stereocenters. The second-order valence-electron chi connectivity index (χ2n) is 6.05. The molecule has 0 aromatic heterocycles. The summed E-state index contributed by atoms with van der Waals surface area (Å²) in [5, 5.41) is 11.4. The molecule has 1 atom stereocenters. The van der Waals surface area contributed by atoms with Gasteiger partial charge in [-0.15, -0.1) is 0 Å². The normalized spacial score (nSPS) is 13.5. The molecule has 0 bridgehead atoms. The highest BCUT2D eigenvalue weighted by Crippen LogP contribution is 2.33. The molecule has 4 nitrogen and oxygen atoms in total. The molecular weight excluding hydrogens is 314 g/mol. The van der Waals surface area contributed by atoms with E-state index in [1.165, 1.54) is 0 Å². The lowest BCUT2D eigenvalue weighted by atomic mass is 9.84. The van der Waals surface area contributed by atoms with Crippen molar-refractivity contribution in [3.8, 4) is 0 Å². The average molecular weight is 341 g/mol. The minimum Gasteiger partial charge on any atom is -0.462 e. The van der Waals surface area contributed by atoms with E-state index >= 15 is 0 Å². The number of carbonyl (C=O) groups excluding carboxylic acids is 1. The number of nitrogens with zero attached hydrogens (tertiary/aromatic N) is 1. The molecule has 2 aromatic carbocycles. The van der Waals surface area contributed by atoms with Gasteiger partial charge in [-0.3, -0.25) is 0 Å². The Morgan fingerprint density at radius 1 is 1.04 bits per heavy atom. The van der Waals surface area contributed by atoms with E-state index in [1.807, 2.05) is 43.3 Å². The summed E-state index contributed by atoms with van der Waals surface area (Å²) in [5.74, 6) is -0.639. The molecule has 0 heterocycles. The standard InChI is InChI=1S/C21H27NO3/c1-4-22(5-2)15-16-25-20(23)21(24,18-12-7-6-8-13-18)19-14-10-9-11-17(19)3/h6-14,24H,4-5,15-16H2,1-3H3/t21-/m1/s1. The van der Waals surface area contributed by atoms with Gasteiger partial charge in [-0.1, -0.05) is 68.4 Å². The van der Waals surface area contributed by atoms with E-state index in [-0.39, 0.29) is 6.61 Å². The number of hydrogen-bond acceptors (Lipinski definition) is 4. The summed E-state index contributed by atoms with van der Waals surface area (Å²) < 4.78 is 5.47. The number of aryl methyl sites for hydroxylation is 1. The number of esters is 1. The number of hydrogen-bond donors (Lipinski definition) is 1. The number of ether oxygens (including phenoxy) is 1. The van der Waals surface area contributed by atoms with Crippen molar-refractivity contribution >= 4 is 5.97 Å². The predicted octanol–water partition coefficient (Wildman–Crippen LogP) is 3.12. The highest BCUT2D eigenvalue weighted by Gasteiger charge is 2.42. The minimum atomic E-state index is -1.81. The molecule has 0 saturated heterocycles. The fourth-order valence-corrected chi connectivity index (χ4v) is 2.95. The Balaban J connectivity index is 2.30. The lowest BCUT2D eigenvalue weighted by Crippen LogP contribution is -2.40. The Hall–Kier alpha value is -2.17. The molecule has 2 rings (SSSR count). The Bertz CT molecular complexity index is 683. The third-order valence-corrected chi connectivity index (χ3v) is 4.56. The first-order chi connectivity index (χ1) is 12.0. The first kappa shape index (κ1) is 19.2. The van der Waals surface area contributed by atoms with Crippen LogP contribution in [-0.4, -0.2) is 42.2 Å². The van der Waals surface area contributed by atoms with Gasteiger partial charge in [0.05, 0.1) is 0 Å². The number of carbonyl (C=O) groups is 1. The molecule has 0 aliphatic heterocycles. The molecule has 1 N–H and O–H groups in total. The summed E-state index contributed by atoms with van der Waals surface area (Å²) >= 11 is 0. The molecule has 0 aliphatic rings. The van der Waals surface area contributed by atoms with Gasteiger partial charge in [0.15, 0.2) is 0 Å². The number of likely N-dealkylation sites (N-methyl/N-ethyl adjacent to an activating group) is 1. The molecule has 0 aliphatic carbocycles. The second-order valence-corrected chi connectivity index (χ2v) is 6.05. The summed E-state index contributed by atoms with van der Waals surface area (Å²) in [7, 11) is 0. The monoisotopic (exact) mass is 341 g/mol. The number of benzene rings is 2. The first-order valence-electron chi connectivity index (χ1n) is 8.77. The van der Waals surface area contributed by atoms with Crippen molar-refractivity contribution in [2.45, 2.75) is 26.4 Å². The van der Waals surface area contributed by atoms with Crippen LogP contribution in [0.3, 0.4) is 0 Å². The summed E-state index contributed by atoms with van der Waals surface area (Å²) in [6.07, 6.45) is 0. The predicted molar refractivity (Wildman–Crippen MR) is 99.4 cm³/mol. The van der Waals surface area contributed by atoms with Gasteiger partial charge < -0.3 is 14.7 Å². The van der Waals surface area contributed by atoms with Gasteiger partial charge in [0.2, 0.25) is 5.60 Å². The van der Waals surface area contributed by atoms with Crippen LogP contribution >= 0.6 is 0 Å². The molecule has 134 valence electrons. The summed E-state index contributed by atoms with van der Waals surface area (Å²) in [6.45, 7) is 8.72. The van der Waals surface area contributed by atoms with Crippen molar-refractivity contribution in [2.75, 3.05) is 26.2 Å². The maximum absolute atomic E-state index is 12.9. The highest BCUT2D eigenvalue weighted by atomic mass is 16.5. The quantitative estimate of drug-likeness (QED) is 0.750. The second kappa shape index (κ2) is 8.79. The molecule has 0 amide bonds. The van der Waals surface area contributed by atoms with Gasteiger partial charge in [0.1, 0.15) is 6.61 Å². The van der Waals surface area contributed by atoms with Crippen molar-refractivity contribution < 1.29 is 14.6 Å². The molecular formula is C21H27NO3. The zero-order valence-corrected chi connectivity index (χ0v) is 15.2. The molecule has 0 saturated carbocycles. The van der Waals surface area contributed by atoms with E-state index in [0.717, 1.165) is 18.7 Å². The van der Waals surface area contributed by atoms with Crippen molar-refractivity contribution in [1.29, 1.82) is 0 Å². The van der Waals surface area contributed by atoms with Crippen LogP contribution < -0.4 is 0 Å². The first-order valence-corrected chi connectivity index (χ1v) is 8.77. The van der Waals surface area contributed by atoms with E-state index in [0.29, 0.717) is 17.7 Å². The maximum atomic E-state index is 12.9. The lowest BCUT2D eigenvalue weighted by molar-refractivity contribution is -0.162. The van der Waals surface area contributed by atoms with Crippen LogP contribution in [0.15, 0.2) is 54.6 Å². The summed E-state index contributed by atoms with van der Waals surface area (Å²) in [6, 6.07) is 16.3. The van der Waals surface area contributed by atoms with E-state index in [4.69, 9.17) is 4.74 Å². The van der Waals surface area contributed by atoms with Crippen molar-refractivity contribution in [2.24, 2.45) is 0 Å². The molecule has 25 heavy (non-hydrogen) atoms. The van der Waals surface area contributed by atoms with Crippen molar-refractivity contribution in [1.82, 2.24) is 4.90 Å². The van der Waals surface area contributed by atoms with Crippen LogP contribution in [0.5, 0.6) is 0 Å². The van der Waals surface area contributed by atoms with Crippen LogP contribution in [0.1, 0.15) is 30.5 Å². The van der Waals surface area contributed by atoms with Crippen molar-refractivity contribution in [3.63, 3.8) is 0 Å². The molecule has 2 aromatic rings. The SMILES string of the molecule is CCN(CC)CCOC(=O)[C@@](O)(c1ccccc1)c1ccccc1C. The van der Waals surface area contributed by atoms with Gasteiger partial charge in [0.25, 0.3) is 0 Å². The van der Waals surface area contributed by atoms with Gasteiger partial charge in [0, 0.05) is 12.1 Å². The Kier molecular flexibility index (Phi) is 6.73. The van der Waals surface area contributed by atoms with Crippen LogP contribution in [0.25, 0.3) is 0 Å². The Morgan fingerprint density at radius 2 is 1.64 bits per heavy atom. The minimum absolute atomic E-state index is 0.252. The van der Waals surface area contributed by atoms with Gasteiger partial charge >= 0.3 is 5.97 Å². The maximum Gasteiger partial charge on any atom is 0.347 e. The van der Waals surface area contributed by atoms with Crippen molar-refractivity contribution in [3.05, 3.63) is 71.3 Å². The Morgan fingerprint density at radius 3 is 2.24 bits per heavy atom. The molecule has 4 heteroatoms. The van der Waals surface area contributed by atoms with E-state index in [2.05, 4.69) is 18.7 Å². The van der Waals surface area contributed by atoms with Crippen LogP contribution in [-0.2, 0) is 15.1 Å². The zero-order chi connectivity index (χ0) is 18.3. The van der Waals surface area contributed by atoms with Crippen LogP contribution in [0, 0.1) is 6.92 Å². The third kappa shape index (κ3) is 4.27. The summed E-state index contributed by atoms with van der Waals surface area (Å²) in [5.41, 5.74) is 0.0938. The number of rotatable bonds is 8. The molecule has 0 spiro atoms. The smallest absolute Gasteiger partial charge is 0.347 e. The highest BCUT2D eigenvalue weighted by molar-refractivity contribution is 5.86. The third-order valence-electron chi connectivity index (χ3n) is 4.56. The van der Waals surface area contributed by atoms with Gasteiger partial charge in [-0.05, 0) is 31.1 Å². The topological polar surface area (TPSA) is 49.8 Å². The van der Waals surface area contributed by atoms with E-state index in [9.17, 15) is 9.90 Å². The Labute approximate surface area is 150 Å². The largest absolute Gasteiger partial charge is 0.462 e. The number of aliphatic hydroxyl groups is 1. The summed E-state index contributed by atoms with van der Waals surface area (Å²) in [4.78, 5) is 15.1. The van der Waals surface area contributed by atoms with E-state index in [1.54, 1.807) is 18.2 Å². The average Bonchev–Trinajstić information content (AvgIpc) is 2.65. The fraction of sp³-hybridized carbons (Fsp3) is 0.381. The molecule has 0 radical (unpaired) electrons. The zero-order valence-electron chi connectivity index (χ0n) is 15.2. The fourth-order valence-electron chi connectivity index (χ4n) is 2.95. The molecule has 0 fully saturated rings. The lowest BCUT2D eigenvalue weighted by Gasteiger charge is -2.29. The van der Waals surface area contributed by atoms with Crippen LogP contribution in [0.4, 0.5) is 0 Å². The van der Waals surface area contributed by atoms with Crippen LogP contribution in [0.2, 0.25) is 0 Å².